The maximum Gasteiger partial charge on any atom is 0.416 e. The van der Waals surface area contributed by atoms with E-state index in [-0.39, 0.29) is 0 Å². The summed E-state index contributed by atoms with van der Waals surface area (Å²) in [5, 5.41) is 12.0. The molecule has 0 N–H and O–H groups in total. The molecule has 4 rings (SSSR count). The first-order valence-electron chi connectivity index (χ1n) is 8.40. The summed E-state index contributed by atoms with van der Waals surface area (Å²) in [4.78, 5) is 6.69. The molecule has 0 aliphatic carbocycles. The molecule has 0 unspecified atom stereocenters. The third-order valence-electron chi connectivity index (χ3n) is 4.03. The van der Waals surface area contributed by atoms with Crippen LogP contribution in [-0.4, -0.2) is 41.5 Å². The van der Waals surface area contributed by atoms with E-state index in [2.05, 4.69) is 20.1 Å². The SMILES string of the molecule is FC(F)(F)c1ccc(-c2nc(CSc3nnc(N4CCOCC4)s3)cs2)cc1. The summed E-state index contributed by atoms with van der Waals surface area (Å²) in [6.07, 6.45) is -4.33. The van der Waals surface area contributed by atoms with Crippen LogP contribution in [0.3, 0.4) is 0 Å². The summed E-state index contributed by atoms with van der Waals surface area (Å²) in [7, 11) is 0. The number of benzene rings is 1. The minimum atomic E-state index is -4.33. The Hall–Kier alpha value is -1.69. The normalized spacial score (nSPS) is 15.2. The minimum Gasteiger partial charge on any atom is -0.378 e. The van der Waals surface area contributed by atoms with E-state index < -0.39 is 11.7 Å². The fourth-order valence-corrected chi connectivity index (χ4v) is 5.30. The lowest BCUT2D eigenvalue weighted by atomic mass is 10.1. The number of anilines is 1. The van der Waals surface area contributed by atoms with Crippen LogP contribution < -0.4 is 4.90 Å². The lowest BCUT2D eigenvalue weighted by molar-refractivity contribution is -0.137. The van der Waals surface area contributed by atoms with Crippen molar-refractivity contribution in [2.45, 2.75) is 16.3 Å². The number of ether oxygens (including phenoxy) is 1. The summed E-state index contributed by atoms with van der Waals surface area (Å²) in [5.74, 6) is 0.634. The van der Waals surface area contributed by atoms with E-state index >= 15 is 0 Å². The molecule has 28 heavy (non-hydrogen) atoms. The van der Waals surface area contributed by atoms with Crippen LogP contribution in [0.2, 0.25) is 0 Å². The summed E-state index contributed by atoms with van der Waals surface area (Å²) in [5.41, 5.74) is 0.892. The van der Waals surface area contributed by atoms with Crippen LogP contribution in [0.25, 0.3) is 10.6 Å². The molecule has 0 bridgehead atoms. The number of halogens is 3. The number of alkyl halides is 3. The van der Waals surface area contributed by atoms with E-state index in [9.17, 15) is 13.2 Å². The molecule has 2 aromatic heterocycles. The van der Waals surface area contributed by atoms with E-state index in [4.69, 9.17) is 4.74 Å². The smallest absolute Gasteiger partial charge is 0.378 e. The number of thiazole rings is 1. The zero-order chi connectivity index (χ0) is 19.6. The molecular weight excluding hydrogens is 429 g/mol. The van der Waals surface area contributed by atoms with Crippen molar-refractivity contribution in [3.8, 4) is 10.6 Å². The summed E-state index contributed by atoms with van der Waals surface area (Å²) >= 11 is 4.52. The van der Waals surface area contributed by atoms with Gasteiger partial charge in [0.25, 0.3) is 0 Å². The molecule has 0 saturated carbocycles. The van der Waals surface area contributed by atoms with Crippen molar-refractivity contribution < 1.29 is 17.9 Å². The predicted octanol–water partition coefficient (Wildman–Crippen LogP) is 4.81. The van der Waals surface area contributed by atoms with Gasteiger partial charge in [-0.15, -0.1) is 21.5 Å². The molecule has 11 heteroatoms. The molecule has 0 amide bonds. The van der Waals surface area contributed by atoms with Crippen molar-refractivity contribution in [2.24, 2.45) is 0 Å². The Balaban J connectivity index is 1.37. The Morgan fingerprint density at radius 1 is 1.11 bits per heavy atom. The Bertz CT molecular complexity index is 920. The first-order chi connectivity index (χ1) is 13.5. The molecule has 0 atom stereocenters. The summed E-state index contributed by atoms with van der Waals surface area (Å²) in [6.45, 7) is 3.05. The standard InChI is InChI=1S/C17H15F3N4OS3/c18-17(19,20)12-3-1-11(2-4-12)14-21-13(9-26-14)10-27-16-23-22-15(28-16)24-5-7-25-8-6-24/h1-4,9H,5-8,10H2. The minimum absolute atomic E-state index is 0.634. The van der Waals surface area contributed by atoms with Gasteiger partial charge in [0.15, 0.2) is 4.34 Å². The van der Waals surface area contributed by atoms with Gasteiger partial charge in [0.1, 0.15) is 5.01 Å². The summed E-state index contributed by atoms with van der Waals surface area (Å²) < 4.78 is 44.2. The molecule has 3 aromatic rings. The number of nitrogens with zero attached hydrogens (tertiary/aromatic N) is 4. The van der Waals surface area contributed by atoms with Gasteiger partial charge in [-0.1, -0.05) is 35.2 Å². The molecule has 5 nitrogen and oxygen atoms in total. The van der Waals surface area contributed by atoms with Crippen LogP contribution in [0, 0.1) is 0 Å². The van der Waals surface area contributed by atoms with Gasteiger partial charge in [-0.3, -0.25) is 0 Å². The monoisotopic (exact) mass is 444 g/mol. The zero-order valence-corrected chi connectivity index (χ0v) is 16.9. The van der Waals surface area contributed by atoms with Crippen molar-refractivity contribution in [1.29, 1.82) is 0 Å². The lowest BCUT2D eigenvalue weighted by Gasteiger charge is -2.25. The predicted molar refractivity (Wildman–Crippen MR) is 105 cm³/mol. The van der Waals surface area contributed by atoms with Crippen LogP contribution in [-0.2, 0) is 16.7 Å². The van der Waals surface area contributed by atoms with Crippen LogP contribution >= 0.6 is 34.4 Å². The van der Waals surface area contributed by atoms with Crippen LogP contribution in [0.1, 0.15) is 11.3 Å². The van der Waals surface area contributed by atoms with E-state index in [0.717, 1.165) is 40.4 Å². The first kappa shape index (κ1) is 19.6. The van der Waals surface area contributed by atoms with Crippen LogP contribution in [0.15, 0.2) is 34.0 Å². The molecule has 0 radical (unpaired) electrons. The number of hydrogen-bond acceptors (Lipinski definition) is 8. The molecule has 1 aliphatic heterocycles. The van der Waals surface area contributed by atoms with Gasteiger partial charge in [0, 0.05) is 29.8 Å². The Kier molecular flexibility index (Phi) is 5.85. The molecule has 1 aliphatic rings. The fraction of sp³-hybridized carbons (Fsp3) is 0.353. The number of hydrogen-bond donors (Lipinski definition) is 0. The third kappa shape index (κ3) is 4.65. The lowest BCUT2D eigenvalue weighted by Crippen LogP contribution is -2.36. The number of aromatic nitrogens is 3. The van der Waals surface area contributed by atoms with Crippen molar-refractivity contribution in [3.05, 3.63) is 40.9 Å². The number of thioether (sulfide) groups is 1. The van der Waals surface area contributed by atoms with E-state index in [1.807, 2.05) is 5.38 Å². The highest BCUT2D eigenvalue weighted by Gasteiger charge is 2.30. The Labute approximate surface area is 171 Å². The van der Waals surface area contributed by atoms with E-state index in [0.29, 0.717) is 29.5 Å². The van der Waals surface area contributed by atoms with Gasteiger partial charge in [0.2, 0.25) is 5.13 Å². The molecule has 1 saturated heterocycles. The van der Waals surface area contributed by atoms with E-state index in [1.54, 1.807) is 23.1 Å². The second-order valence-corrected chi connectivity index (χ2v) is 8.99. The highest BCUT2D eigenvalue weighted by molar-refractivity contribution is 8.00. The van der Waals surface area contributed by atoms with Crippen molar-refractivity contribution in [1.82, 2.24) is 15.2 Å². The van der Waals surface area contributed by atoms with Gasteiger partial charge in [-0.25, -0.2) is 4.98 Å². The van der Waals surface area contributed by atoms with Gasteiger partial charge >= 0.3 is 6.18 Å². The highest BCUT2D eigenvalue weighted by atomic mass is 32.2. The van der Waals surface area contributed by atoms with Gasteiger partial charge in [0.05, 0.1) is 24.5 Å². The van der Waals surface area contributed by atoms with E-state index in [1.165, 1.54) is 23.5 Å². The second kappa shape index (κ2) is 8.36. The van der Waals surface area contributed by atoms with Gasteiger partial charge < -0.3 is 9.64 Å². The second-order valence-electron chi connectivity index (χ2n) is 5.96. The van der Waals surface area contributed by atoms with Crippen molar-refractivity contribution in [2.75, 3.05) is 31.2 Å². The molecule has 3 heterocycles. The Morgan fingerprint density at radius 3 is 2.57 bits per heavy atom. The van der Waals surface area contributed by atoms with Crippen LogP contribution in [0.4, 0.5) is 18.3 Å². The quantitative estimate of drug-likeness (QED) is 0.527. The van der Waals surface area contributed by atoms with Crippen molar-refractivity contribution in [3.63, 3.8) is 0 Å². The zero-order valence-electron chi connectivity index (χ0n) is 14.5. The van der Waals surface area contributed by atoms with Crippen molar-refractivity contribution >= 4 is 39.6 Å². The summed E-state index contributed by atoms with van der Waals surface area (Å²) in [6, 6.07) is 5.08. The average molecular weight is 445 g/mol. The molecule has 148 valence electrons. The maximum absolute atomic E-state index is 12.7. The third-order valence-corrected chi connectivity index (χ3v) is 7.12. The van der Waals surface area contributed by atoms with Crippen LogP contribution in [0.5, 0.6) is 0 Å². The average Bonchev–Trinajstić information content (AvgIpc) is 3.36. The number of rotatable bonds is 5. The van der Waals surface area contributed by atoms with Gasteiger partial charge in [-0.05, 0) is 12.1 Å². The van der Waals surface area contributed by atoms with Gasteiger partial charge in [-0.2, -0.15) is 13.2 Å². The highest BCUT2D eigenvalue weighted by Crippen LogP contribution is 2.34. The molecular formula is C17H15F3N4OS3. The largest absolute Gasteiger partial charge is 0.416 e. The number of morpholine rings is 1. The molecule has 1 aromatic carbocycles. The molecule has 1 fully saturated rings. The fourth-order valence-electron chi connectivity index (χ4n) is 2.59. The first-order valence-corrected chi connectivity index (χ1v) is 11.1. The topological polar surface area (TPSA) is 51.1 Å². The molecule has 0 spiro atoms. The maximum atomic E-state index is 12.7. The Morgan fingerprint density at radius 2 is 1.86 bits per heavy atom.